The van der Waals surface area contributed by atoms with Gasteiger partial charge in [0.05, 0.1) is 11.1 Å². The van der Waals surface area contributed by atoms with E-state index < -0.39 is 73.1 Å². The first kappa shape index (κ1) is 55.4. The van der Waals surface area contributed by atoms with Crippen LogP contribution in [0.2, 0.25) is 0 Å². The average molecular weight is 967 g/mol. The molecule has 0 spiro atoms. The molecule has 2 heterocycles. The van der Waals surface area contributed by atoms with Crippen molar-refractivity contribution < 1.29 is 113 Å². The number of benzene rings is 2. The molecule has 11 nitrogen and oxygen atoms in total. The van der Waals surface area contributed by atoms with E-state index in [0.29, 0.717) is 22.6 Å². The van der Waals surface area contributed by atoms with Gasteiger partial charge in [-0.1, -0.05) is 12.1 Å². The minimum absolute atomic E-state index is 0.0474. The van der Waals surface area contributed by atoms with Gasteiger partial charge in [0, 0.05) is 65.4 Å². The van der Waals surface area contributed by atoms with Crippen LogP contribution in [0.5, 0.6) is 0 Å². The second-order valence-corrected chi connectivity index (χ2v) is 13.5. The van der Waals surface area contributed by atoms with Gasteiger partial charge in [-0.05, 0) is 46.5 Å². The van der Waals surface area contributed by atoms with Crippen molar-refractivity contribution >= 4 is 19.0 Å². The summed E-state index contributed by atoms with van der Waals surface area (Å²) in [5, 5.41) is 10.7. The van der Waals surface area contributed by atoms with Crippen LogP contribution in [-0.4, -0.2) is 128 Å². The van der Waals surface area contributed by atoms with E-state index in [2.05, 4.69) is 24.4 Å². The minimum atomic E-state index is -5.84. The lowest BCUT2D eigenvalue weighted by Crippen LogP contribution is -2.52. The molecule has 2 aromatic rings. The van der Waals surface area contributed by atoms with Crippen LogP contribution in [0.1, 0.15) is 33.4 Å². The number of rotatable bonds is 11. The lowest BCUT2D eigenvalue weighted by atomic mass is 10.0. The molecule has 2 aliphatic heterocycles. The van der Waals surface area contributed by atoms with Crippen LogP contribution in [0.4, 0.5) is 83.8 Å². The number of hydrogen-bond donors (Lipinski definition) is 2. The van der Waals surface area contributed by atoms with Gasteiger partial charge < -0.3 is 29.5 Å². The van der Waals surface area contributed by atoms with Crippen molar-refractivity contribution in [2.45, 2.75) is 75.6 Å². The number of halogens is 18. The predicted molar refractivity (Wildman–Crippen MR) is 180 cm³/mol. The summed E-state index contributed by atoms with van der Waals surface area (Å²) in [6, 6.07) is 6.86. The van der Waals surface area contributed by atoms with Gasteiger partial charge in [0.2, 0.25) is 6.10 Å². The van der Waals surface area contributed by atoms with Crippen molar-refractivity contribution in [1.29, 1.82) is 0 Å². The van der Waals surface area contributed by atoms with Gasteiger partial charge >= 0.3 is 43.2 Å². The molecule has 29 heteroatoms. The molecule has 0 aliphatic carbocycles. The SMILES string of the molecule is O=COCc1cc(CN2CCN(C(=O)OC(C(F)(F)F)C(F)(F)F)CC2)cc(C(F)(F)F)c1.O=COCc1cc(CN2CCNCC2)cc(C(F)(F)F)c1.OC(C(F)(F)F)C(F)(F)F. The summed E-state index contributed by atoms with van der Waals surface area (Å²) in [5.74, 6) is 0. The molecule has 0 unspecified atom stereocenters. The van der Waals surface area contributed by atoms with Gasteiger partial charge in [-0.25, -0.2) is 4.79 Å². The van der Waals surface area contributed by atoms with Crippen molar-refractivity contribution in [2.75, 3.05) is 52.4 Å². The Bertz CT molecular complexity index is 1760. The van der Waals surface area contributed by atoms with E-state index in [1.165, 1.54) is 6.07 Å². The zero-order chi connectivity index (χ0) is 48.9. The number of piperazine rings is 2. The van der Waals surface area contributed by atoms with Crippen LogP contribution >= 0.6 is 0 Å². The molecular weight excluding hydrogens is 930 g/mol. The Hall–Kier alpha value is -4.77. The number of aliphatic hydroxyl groups excluding tert-OH is 1. The van der Waals surface area contributed by atoms with Crippen LogP contribution in [-0.2, 0) is 62.5 Å². The summed E-state index contributed by atoms with van der Waals surface area (Å²) in [6.07, 6.45) is -42.3. The molecular formula is C35H36F18N4O7. The second-order valence-electron chi connectivity index (χ2n) is 13.5. The first-order valence-corrected chi connectivity index (χ1v) is 17.8. The fraction of sp³-hybridized carbons (Fsp3) is 0.571. The molecule has 4 rings (SSSR count). The topological polar surface area (TPSA) is 121 Å². The number of aliphatic hydroxyl groups is 1. The Morgan fingerprint density at radius 2 is 0.922 bits per heavy atom. The number of carbonyl (C=O) groups excluding carboxylic acids is 3. The first-order chi connectivity index (χ1) is 29.2. The largest absolute Gasteiger partial charge is 0.463 e. The molecule has 364 valence electrons. The van der Waals surface area contributed by atoms with Gasteiger partial charge in [0.25, 0.3) is 19.0 Å². The molecule has 2 fully saturated rings. The normalized spacial score (nSPS) is 16.0. The molecule has 64 heavy (non-hydrogen) atoms. The van der Waals surface area contributed by atoms with E-state index in [1.807, 2.05) is 0 Å². The maximum Gasteiger partial charge on any atom is 0.434 e. The first-order valence-electron chi connectivity index (χ1n) is 17.8. The third-order valence-electron chi connectivity index (χ3n) is 8.48. The Balaban J connectivity index is 0.000000385. The Morgan fingerprint density at radius 1 is 0.562 bits per heavy atom. The van der Waals surface area contributed by atoms with Gasteiger partial charge in [-0.2, -0.15) is 79.0 Å². The summed E-state index contributed by atoms with van der Waals surface area (Å²) in [4.78, 5) is 36.6. The molecule has 2 aromatic carbocycles. The van der Waals surface area contributed by atoms with E-state index >= 15 is 0 Å². The fourth-order valence-corrected chi connectivity index (χ4v) is 5.62. The molecule has 2 saturated heterocycles. The van der Waals surface area contributed by atoms with Crippen molar-refractivity contribution in [3.05, 3.63) is 69.8 Å². The smallest absolute Gasteiger partial charge is 0.434 e. The highest BCUT2D eigenvalue weighted by Gasteiger charge is 2.60. The number of carbonyl (C=O) groups is 3. The van der Waals surface area contributed by atoms with E-state index in [0.717, 1.165) is 50.4 Å². The third kappa shape index (κ3) is 19.1. The summed E-state index contributed by atoms with van der Waals surface area (Å²) in [5.41, 5.74) is -0.519. The summed E-state index contributed by atoms with van der Waals surface area (Å²) >= 11 is 0. The van der Waals surface area contributed by atoms with Crippen LogP contribution in [0.15, 0.2) is 36.4 Å². The van der Waals surface area contributed by atoms with E-state index in [4.69, 9.17) is 5.11 Å². The zero-order valence-corrected chi connectivity index (χ0v) is 32.3. The van der Waals surface area contributed by atoms with Crippen molar-refractivity contribution in [2.24, 2.45) is 0 Å². The van der Waals surface area contributed by atoms with Gasteiger partial charge in [-0.3, -0.25) is 19.4 Å². The quantitative estimate of drug-likeness (QED) is 0.134. The fourth-order valence-electron chi connectivity index (χ4n) is 5.62. The number of alkyl halides is 18. The number of nitrogens with one attached hydrogen (secondary N) is 1. The monoisotopic (exact) mass is 966 g/mol. The Morgan fingerprint density at radius 3 is 1.23 bits per heavy atom. The van der Waals surface area contributed by atoms with Gasteiger partial charge in [0.15, 0.2) is 0 Å². The highest BCUT2D eigenvalue weighted by molar-refractivity contribution is 5.68. The molecule has 2 aliphatic rings. The standard InChI is InChI=1S/C18H17F9N2O4.C14H17F3N2O2.C3H2F6O/c19-16(20,21)13-6-11(5-12(7-13)9-32-10-30)8-28-1-3-29(4-2-28)15(31)33-14(17(22,23)24)18(25,26)27;15-14(16,17)13-6-11(5-12(7-13)9-21-10-20)8-19-3-1-18-2-4-19;4-2(5,6)1(10)3(7,8)9/h5-7,10,14H,1-4,8-9H2;5-7,10,18H,1-4,8-9H2;1,10H. The van der Waals surface area contributed by atoms with Crippen LogP contribution in [0.25, 0.3) is 0 Å². The van der Waals surface area contributed by atoms with Crippen LogP contribution in [0, 0.1) is 0 Å². The number of amides is 1. The molecule has 0 saturated carbocycles. The summed E-state index contributed by atoms with van der Waals surface area (Å²) in [7, 11) is 0. The lowest BCUT2D eigenvalue weighted by molar-refractivity contribution is -0.309. The second kappa shape index (κ2) is 22.9. The Labute approximate surface area is 349 Å². The highest BCUT2D eigenvalue weighted by Crippen LogP contribution is 2.37. The van der Waals surface area contributed by atoms with Crippen LogP contribution in [0.3, 0.4) is 0 Å². The average Bonchev–Trinajstić information content (AvgIpc) is 3.16. The molecule has 1 amide bonds. The highest BCUT2D eigenvalue weighted by atomic mass is 19.4. The van der Waals surface area contributed by atoms with Crippen molar-refractivity contribution in [3.63, 3.8) is 0 Å². The maximum atomic E-state index is 13.1. The van der Waals surface area contributed by atoms with Gasteiger partial charge in [-0.15, -0.1) is 0 Å². The zero-order valence-electron chi connectivity index (χ0n) is 32.3. The molecule has 0 aromatic heterocycles. The molecule has 0 bridgehead atoms. The molecule has 0 atom stereocenters. The number of ether oxygens (including phenoxy) is 3. The number of nitrogens with zero attached hydrogens (tertiary/aromatic N) is 3. The molecule has 0 radical (unpaired) electrons. The van der Waals surface area contributed by atoms with E-state index in [9.17, 15) is 93.4 Å². The van der Waals surface area contributed by atoms with Crippen LogP contribution < -0.4 is 5.32 Å². The summed E-state index contributed by atoms with van der Waals surface area (Å²) < 4.78 is 232. The van der Waals surface area contributed by atoms with E-state index in [-0.39, 0.29) is 63.4 Å². The summed E-state index contributed by atoms with van der Waals surface area (Å²) in [6.45, 7) is 2.71. The van der Waals surface area contributed by atoms with Gasteiger partial charge in [0.1, 0.15) is 13.2 Å². The molecule has 2 N–H and O–H groups in total. The predicted octanol–water partition coefficient (Wildman–Crippen LogP) is 7.38. The lowest BCUT2D eigenvalue weighted by Gasteiger charge is -2.35. The minimum Gasteiger partial charge on any atom is -0.463 e. The van der Waals surface area contributed by atoms with Crippen molar-refractivity contribution in [1.82, 2.24) is 20.0 Å². The van der Waals surface area contributed by atoms with E-state index in [1.54, 1.807) is 11.0 Å². The number of hydrogen-bond acceptors (Lipinski definition) is 10. The third-order valence-corrected chi connectivity index (χ3v) is 8.48. The maximum absolute atomic E-state index is 13.1. The Kier molecular flexibility index (Phi) is 19.8. The van der Waals surface area contributed by atoms with Crippen molar-refractivity contribution in [3.8, 4) is 0 Å².